The molecule has 0 saturated carbocycles. The fourth-order valence-electron chi connectivity index (χ4n) is 5.00. The van der Waals surface area contributed by atoms with Crippen LogP contribution in [-0.4, -0.2) is 69.2 Å². The second kappa shape index (κ2) is 10.8. The minimum Gasteiger partial charge on any atom is -0.377 e. The first-order chi connectivity index (χ1) is 17.7. The number of benzene rings is 2. The number of hydrogen-bond donors (Lipinski definition) is 0. The van der Waals surface area contributed by atoms with Crippen molar-refractivity contribution >= 4 is 42.6 Å². The molecule has 0 bridgehead atoms. The van der Waals surface area contributed by atoms with E-state index in [9.17, 15) is 13.2 Å². The van der Waals surface area contributed by atoms with Crippen LogP contribution in [0.4, 0.5) is 5.13 Å². The smallest absolute Gasteiger partial charge is 0.260 e. The average molecular weight is 544 g/mol. The summed E-state index contributed by atoms with van der Waals surface area (Å²) in [6.07, 6.45) is 3.54. The number of anilines is 1. The lowest BCUT2D eigenvalue weighted by molar-refractivity contribution is 0.0917. The van der Waals surface area contributed by atoms with Crippen molar-refractivity contribution in [3.8, 4) is 0 Å². The molecule has 1 aromatic heterocycles. The minimum absolute atomic E-state index is 0.0510. The van der Waals surface area contributed by atoms with Crippen molar-refractivity contribution in [2.45, 2.75) is 56.6 Å². The summed E-state index contributed by atoms with van der Waals surface area (Å²) in [6, 6.07) is 10.3. The molecule has 37 heavy (non-hydrogen) atoms. The molecule has 5 rings (SSSR count). The van der Waals surface area contributed by atoms with Crippen molar-refractivity contribution in [3.05, 3.63) is 53.1 Å². The lowest BCUT2D eigenvalue weighted by atomic mass is 10.1. The normalized spacial score (nSPS) is 20.2. The SMILES string of the molecule is Cc1cc(C)c2sc(N(CC3CCCO3)C(=O)c3ccc(S(=O)(=O)N(C)CC4CCCO4)cc3)nc2c1. The van der Waals surface area contributed by atoms with Gasteiger partial charge in [-0.25, -0.2) is 13.4 Å². The third-order valence-electron chi connectivity index (χ3n) is 6.99. The molecule has 198 valence electrons. The van der Waals surface area contributed by atoms with Crippen LogP contribution in [0.5, 0.6) is 0 Å². The molecule has 0 N–H and O–H groups in total. The topological polar surface area (TPSA) is 89.0 Å². The van der Waals surface area contributed by atoms with Crippen LogP contribution in [0.3, 0.4) is 0 Å². The summed E-state index contributed by atoms with van der Waals surface area (Å²) < 4.78 is 40.0. The van der Waals surface area contributed by atoms with Crippen LogP contribution in [0.1, 0.15) is 47.2 Å². The van der Waals surface area contributed by atoms with Crippen LogP contribution >= 0.6 is 11.3 Å². The Hall–Kier alpha value is -2.37. The lowest BCUT2D eigenvalue weighted by Gasteiger charge is -2.23. The molecule has 2 fully saturated rings. The summed E-state index contributed by atoms with van der Waals surface area (Å²) in [5.41, 5.74) is 3.54. The van der Waals surface area contributed by atoms with E-state index >= 15 is 0 Å². The van der Waals surface area contributed by atoms with Gasteiger partial charge in [0.15, 0.2) is 5.13 Å². The maximum atomic E-state index is 13.7. The second-order valence-corrected chi connectivity index (χ2v) is 12.9. The van der Waals surface area contributed by atoms with Crippen molar-refractivity contribution in [2.24, 2.45) is 0 Å². The minimum atomic E-state index is -3.69. The molecule has 0 aliphatic carbocycles. The predicted octanol–water partition coefficient (Wildman–Crippen LogP) is 4.54. The van der Waals surface area contributed by atoms with Gasteiger partial charge in [-0.1, -0.05) is 17.4 Å². The number of thiazole rings is 1. The first kappa shape index (κ1) is 26.2. The van der Waals surface area contributed by atoms with Crippen LogP contribution in [0.2, 0.25) is 0 Å². The highest BCUT2D eigenvalue weighted by Crippen LogP contribution is 2.34. The molecule has 2 unspecified atom stereocenters. The van der Waals surface area contributed by atoms with Crippen molar-refractivity contribution in [2.75, 3.05) is 38.3 Å². The molecule has 2 saturated heterocycles. The van der Waals surface area contributed by atoms with Crippen LogP contribution in [-0.2, 0) is 19.5 Å². The van der Waals surface area contributed by atoms with Gasteiger partial charge in [-0.2, -0.15) is 4.31 Å². The standard InChI is InChI=1S/C27H33N3O5S2/c1-18-14-19(2)25-24(15-18)28-27(36-25)30(17-22-7-5-13-35-22)26(31)20-8-10-23(11-9-20)37(32,33)29(3)16-21-6-4-12-34-21/h8-11,14-15,21-22H,4-7,12-13,16-17H2,1-3H3. The highest BCUT2D eigenvalue weighted by molar-refractivity contribution is 7.89. The van der Waals surface area contributed by atoms with Gasteiger partial charge >= 0.3 is 0 Å². The molecule has 0 spiro atoms. The summed E-state index contributed by atoms with van der Waals surface area (Å²) in [5, 5.41) is 0.622. The number of sulfonamides is 1. The first-order valence-corrected chi connectivity index (χ1v) is 15.0. The molecule has 2 atom stereocenters. The Bertz CT molecular complexity index is 1380. The van der Waals surface area contributed by atoms with Crippen LogP contribution in [0.15, 0.2) is 41.3 Å². The molecule has 1 amide bonds. The number of ether oxygens (including phenoxy) is 2. The Labute approximate surface area is 222 Å². The number of likely N-dealkylation sites (N-methyl/N-ethyl adjacent to an activating group) is 1. The summed E-state index contributed by atoms with van der Waals surface area (Å²) in [4.78, 5) is 20.4. The number of nitrogens with zero attached hydrogens (tertiary/aromatic N) is 3. The number of rotatable bonds is 8. The summed E-state index contributed by atoms with van der Waals surface area (Å²) in [5.74, 6) is -0.222. The monoisotopic (exact) mass is 543 g/mol. The van der Waals surface area contributed by atoms with E-state index in [2.05, 4.69) is 13.0 Å². The Morgan fingerprint density at radius 3 is 2.30 bits per heavy atom. The summed E-state index contributed by atoms with van der Waals surface area (Å²) >= 11 is 1.50. The molecule has 10 heteroatoms. The van der Waals surface area contributed by atoms with Gasteiger partial charge in [-0.15, -0.1) is 0 Å². The van der Waals surface area contributed by atoms with E-state index in [4.69, 9.17) is 14.5 Å². The van der Waals surface area contributed by atoms with E-state index in [1.165, 1.54) is 27.8 Å². The Balaban J connectivity index is 1.40. The molecule has 2 aliphatic rings. The number of carbonyl (C=O) groups is 1. The summed E-state index contributed by atoms with van der Waals surface area (Å²) in [7, 11) is -2.12. The molecular formula is C27H33N3O5S2. The third kappa shape index (κ3) is 5.58. The van der Waals surface area contributed by atoms with Gasteiger partial charge in [0.05, 0.1) is 33.9 Å². The highest BCUT2D eigenvalue weighted by Gasteiger charge is 2.29. The Kier molecular flexibility index (Phi) is 7.65. The Morgan fingerprint density at radius 2 is 1.68 bits per heavy atom. The van der Waals surface area contributed by atoms with Crippen LogP contribution < -0.4 is 4.90 Å². The lowest BCUT2D eigenvalue weighted by Crippen LogP contribution is -2.37. The zero-order chi connectivity index (χ0) is 26.2. The second-order valence-electron chi connectivity index (χ2n) is 9.92. The molecule has 3 heterocycles. The molecule has 2 aliphatic heterocycles. The first-order valence-electron chi connectivity index (χ1n) is 12.7. The maximum absolute atomic E-state index is 13.7. The van der Waals surface area contributed by atoms with Gasteiger partial charge in [0.1, 0.15) is 0 Å². The number of amides is 1. The van der Waals surface area contributed by atoms with Gasteiger partial charge < -0.3 is 9.47 Å². The number of fused-ring (bicyclic) bond motifs is 1. The maximum Gasteiger partial charge on any atom is 0.260 e. The van der Waals surface area contributed by atoms with Crippen molar-refractivity contribution in [1.29, 1.82) is 0 Å². The van der Waals surface area contributed by atoms with E-state index in [-0.39, 0.29) is 23.0 Å². The molecule has 3 aromatic rings. The zero-order valence-corrected chi connectivity index (χ0v) is 23.1. The Morgan fingerprint density at radius 1 is 1.03 bits per heavy atom. The number of aryl methyl sites for hydroxylation is 2. The van der Waals surface area contributed by atoms with E-state index in [0.717, 1.165) is 47.0 Å². The van der Waals surface area contributed by atoms with Crippen molar-refractivity contribution < 1.29 is 22.7 Å². The van der Waals surface area contributed by atoms with Gasteiger partial charge in [-0.05, 0) is 81.0 Å². The fourth-order valence-corrected chi connectivity index (χ4v) is 7.22. The number of aromatic nitrogens is 1. The summed E-state index contributed by atoms with van der Waals surface area (Å²) in [6.45, 7) is 6.17. The predicted molar refractivity (Wildman–Crippen MR) is 145 cm³/mol. The van der Waals surface area contributed by atoms with Gasteiger partial charge in [-0.3, -0.25) is 9.69 Å². The van der Waals surface area contributed by atoms with Crippen LogP contribution in [0.25, 0.3) is 10.2 Å². The van der Waals surface area contributed by atoms with Crippen molar-refractivity contribution in [1.82, 2.24) is 9.29 Å². The molecule has 0 radical (unpaired) electrons. The molecule has 8 nitrogen and oxygen atoms in total. The number of carbonyl (C=O) groups excluding carboxylic acids is 1. The molecule has 2 aromatic carbocycles. The quantitative estimate of drug-likeness (QED) is 0.415. The number of hydrogen-bond acceptors (Lipinski definition) is 7. The van der Waals surface area contributed by atoms with Gasteiger partial charge in [0.2, 0.25) is 10.0 Å². The van der Waals surface area contributed by atoms with Crippen molar-refractivity contribution in [3.63, 3.8) is 0 Å². The van der Waals surface area contributed by atoms with E-state index < -0.39 is 10.0 Å². The fraction of sp³-hybridized carbons (Fsp3) is 0.481. The zero-order valence-electron chi connectivity index (χ0n) is 21.5. The third-order valence-corrected chi connectivity index (χ3v) is 10.1. The van der Waals surface area contributed by atoms with E-state index in [0.29, 0.717) is 37.0 Å². The van der Waals surface area contributed by atoms with Gasteiger partial charge in [0, 0.05) is 32.4 Å². The van der Waals surface area contributed by atoms with E-state index in [1.54, 1.807) is 24.1 Å². The van der Waals surface area contributed by atoms with Gasteiger partial charge in [0.25, 0.3) is 5.91 Å². The molecular weight excluding hydrogens is 510 g/mol. The highest BCUT2D eigenvalue weighted by atomic mass is 32.2. The average Bonchev–Trinajstić information content (AvgIpc) is 3.64. The largest absolute Gasteiger partial charge is 0.377 e. The van der Waals surface area contributed by atoms with Crippen LogP contribution in [0, 0.1) is 13.8 Å². The van der Waals surface area contributed by atoms with E-state index in [1.807, 2.05) is 13.0 Å².